The fraction of sp³-hybridized carbons (Fsp3) is 0.324. The molecule has 49 heavy (non-hydrogen) atoms. The molecule has 0 fully saturated rings. The van der Waals surface area contributed by atoms with Gasteiger partial charge in [0, 0.05) is 47.1 Å². The maximum atomic E-state index is 13.5. The number of carbonyl (C=O) groups excluding carboxylic acids is 4. The van der Waals surface area contributed by atoms with Gasteiger partial charge in [0.1, 0.15) is 12.3 Å². The minimum atomic E-state index is -1.11. The monoisotopic (exact) mass is 671 g/mol. The number of hydrogen-bond acceptors (Lipinski definition) is 6. The lowest BCUT2D eigenvalue weighted by molar-refractivity contribution is -0.138. The fourth-order valence-corrected chi connectivity index (χ4v) is 4.86. The molecule has 1 aromatic heterocycles. The van der Waals surface area contributed by atoms with Crippen molar-refractivity contribution in [3.63, 3.8) is 0 Å². The number of benzene rings is 3. The van der Waals surface area contributed by atoms with Crippen LogP contribution in [0.5, 0.6) is 5.75 Å². The van der Waals surface area contributed by atoms with E-state index in [4.69, 9.17) is 4.74 Å². The van der Waals surface area contributed by atoms with Crippen LogP contribution >= 0.6 is 0 Å². The van der Waals surface area contributed by atoms with Gasteiger partial charge < -0.3 is 35.3 Å². The average molecular weight is 672 g/mol. The molecule has 260 valence electrons. The molecule has 4 rings (SSSR count). The molecule has 0 bridgehead atoms. The number of ether oxygens (including phenoxy) is 1. The summed E-state index contributed by atoms with van der Waals surface area (Å²) in [6, 6.07) is 20.5. The number of aliphatic carboxylic acids is 1. The Kier molecular flexibility index (Phi) is 14.4. The summed E-state index contributed by atoms with van der Waals surface area (Å²) in [4.78, 5) is 69.7. The second-order valence-corrected chi connectivity index (χ2v) is 11.4. The van der Waals surface area contributed by atoms with Crippen LogP contribution in [0.25, 0.3) is 10.9 Å². The maximum Gasteiger partial charge on any atom is 0.305 e. The number of rotatable bonds is 15. The number of fused-ring (bicyclic) bond motifs is 1. The highest BCUT2D eigenvalue weighted by Crippen LogP contribution is 2.21. The first-order valence-electron chi connectivity index (χ1n) is 16.2. The van der Waals surface area contributed by atoms with E-state index >= 15 is 0 Å². The summed E-state index contributed by atoms with van der Waals surface area (Å²) < 4.78 is 5.20. The Hall–Kier alpha value is -5.65. The number of aromatic amines is 1. The molecule has 12 heteroatoms. The molecule has 0 aliphatic carbocycles. The number of para-hydroxylation sites is 1. The Balaban J connectivity index is 0.00000319. The zero-order chi connectivity index (χ0) is 35.9. The van der Waals surface area contributed by atoms with Crippen molar-refractivity contribution in [2.75, 3.05) is 43.9 Å². The van der Waals surface area contributed by atoms with E-state index in [0.29, 0.717) is 29.1 Å². The predicted octanol–water partition coefficient (Wildman–Crippen LogP) is 5.89. The highest BCUT2D eigenvalue weighted by atomic mass is 16.5. The van der Waals surface area contributed by atoms with Crippen LogP contribution < -0.4 is 15.4 Å². The zero-order valence-electron chi connectivity index (χ0n) is 28.6. The second-order valence-electron chi connectivity index (χ2n) is 11.4. The minimum absolute atomic E-state index is 0.190. The van der Waals surface area contributed by atoms with Crippen molar-refractivity contribution in [1.29, 1.82) is 0 Å². The molecule has 0 saturated carbocycles. The van der Waals surface area contributed by atoms with Gasteiger partial charge in [-0.1, -0.05) is 52.0 Å². The number of anilines is 2. The first kappa shape index (κ1) is 37.8. The number of nitrogens with zero attached hydrogens (tertiary/aromatic N) is 2. The first-order valence-corrected chi connectivity index (χ1v) is 16.2. The number of amides is 4. The lowest BCUT2D eigenvalue weighted by Crippen LogP contribution is -2.46. The molecular weight excluding hydrogens is 626 g/mol. The Bertz CT molecular complexity index is 1730. The molecule has 0 spiro atoms. The van der Waals surface area contributed by atoms with Crippen LogP contribution in [-0.4, -0.2) is 82.8 Å². The molecule has 3 aromatic carbocycles. The first-order chi connectivity index (χ1) is 23.5. The van der Waals surface area contributed by atoms with Crippen LogP contribution in [0.1, 0.15) is 61.3 Å². The number of carboxylic acids is 1. The molecule has 4 aromatic rings. The van der Waals surface area contributed by atoms with Crippen molar-refractivity contribution in [3.05, 3.63) is 90.1 Å². The zero-order valence-corrected chi connectivity index (χ0v) is 28.6. The van der Waals surface area contributed by atoms with E-state index in [9.17, 15) is 29.1 Å². The highest BCUT2D eigenvalue weighted by Gasteiger charge is 2.25. The van der Waals surface area contributed by atoms with E-state index in [-0.39, 0.29) is 43.4 Å². The maximum absolute atomic E-state index is 13.5. The van der Waals surface area contributed by atoms with Crippen LogP contribution in [0.15, 0.2) is 79.0 Å². The van der Waals surface area contributed by atoms with Crippen LogP contribution in [-0.2, 0) is 14.4 Å². The fourth-order valence-electron chi connectivity index (χ4n) is 4.86. The van der Waals surface area contributed by atoms with Gasteiger partial charge in [-0.2, -0.15) is 0 Å². The summed E-state index contributed by atoms with van der Waals surface area (Å²) in [5, 5.41) is 15.7. The Morgan fingerprint density at radius 1 is 0.837 bits per heavy atom. The number of carboxylic acid groups (broad SMARTS) is 1. The second kappa shape index (κ2) is 18.6. The molecule has 1 heterocycles. The Labute approximate surface area is 286 Å². The average Bonchev–Trinajstić information content (AvgIpc) is 3.54. The largest absolute Gasteiger partial charge is 0.497 e. The molecule has 0 saturated heterocycles. The van der Waals surface area contributed by atoms with Gasteiger partial charge >= 0.3 is 5.97 Å². The summed E-state index contributed by atoms with van der Waals surface area (Å²) in [6.07, 6.45) is 1.91. The molecular formula is C37H45N5O7. The van der Waals surface area contributed by atoms with Crippen molar-refractivity contribution in [2.24, 2.45) is 5.92 Å². The molecule has 4 amide bonds. The van der Waals surface area contributed by atoms with Crippen LogP contribution in [0, 0.1) is 5.92 Å². The van der Waals surface area contributed by atoms with Crippen LogP contribution in [0.4, 0.5) is 11.4 Å². The van der Waals surface area contributed by atoms with E-state index in [1.807, 2.05) is 52.0 Å². The molecule has 0 atom stereocenters. The van der Waals surface area contributed by atoms with Gasteiger partial charge in [-0.25, -0.2) is 0 Å². The molecule has 4 N–H and O–H groups in total. The van der Waals surface area contributed by atoms with Gasteiger partial charge in [0.25, 0.3) is 11.8 Å². The quantitative estimate of drug-likeness (QED) is 0.123. The smallest absolute Gasteiger partial charge is 0.305 e. The third-order valence-electron chi connectivity index (χ3n) is 7.45. The molecule has 12 nitrogen and oxygen atoms in total. The number of aromatic nitrogens is 1. The number of methoxy groups -OCH3 is 1. The number of nitrogens with one attached hydrogen (secondary N) is 3. The van der Waals surface area contributed by atoms with Crippen LogP contribution in [0.3, 0.4) is 0 Å². The van der Waals surface area contributed by atoms with E-state index in [1.54, 1.807) is 48.7 Å². The lowest BCUT2D eigenvalue weighted by Gasteiger charge is -2.28. The number of hydrogen-bond donors (Lipinski definition) is 4. The van der Waals surface area contributed by atoms with Crippen LogP contribution in [0.2, 0.25) is 0 Å². The van der Waals surface area contributed by atoms with Gasteiger partial charge in [0.2, 0.25) is 11.8 Å². The Morgan fingerprint density at radius 3 is 2.16 bits per heavy atom. The van der Waals surface area contributed by atoms with E-state index in [2.05, 4.69) is 15.6 Å². The van der Waals surface area contributed by atoms with Gasteiger partial charge in [0.05, 0.1) is 25.6 Å². The van der Waals surface area contributed by atoms with Crippen molar-refractivity contribution in [1.82, 2.24) is 14.8 Å². The summed E-state index contributed by atoms with van der Waals surface area (Å²) in [5.41, 5.74) is 2.61. The molecule has 0 aliphatic rings. The third kappa shape index (κ3) is 11.2. The van der Waals surface area contributed by atoms with Crippen molar-refractivity contribution in [3.8, 4) is 5.75 Å². The van der Waals surface area contributed by atoms with Crippen molar-refractivity contribution in [2.45, 2.75) is 40.5 Å². The normalized spacial score (nSPS) is 10.5. The van der Waals surface area contributed by atoms with E-state index in [1.165, 1.54) is 23.0 Å². The standard InChI is InChI=1S/C35H39N5O7.C2H6/c1-23(2)15-17-39(32(42)22-40(18-16-33(43)44)35(46)24-7-6-8-27(19-24)47-3)21-31(41)37-25-11-13-26(14-12-25)38-34(45)29-20-36-30-10-5-4-9-28(29)30;1-2/h4-14,19-20,23,36H,15-18,21-22H2,1-3H3,(H,37,41)(H,38,45)(H,43,44);1-2H3. The lowest BCUT2D eigenvalue weighted by atomic mass is 10.1. The summed E-state index contributed by atoms with van der Waals surface area (Å²) in [7, 11) is 1.46. The Morgan fingerprint density at radius 2 is 1.51 bits per heavy atom. The number of H-pyrrole nitrogens is 1. The topological polar surface area (TPSA) is 161 Å². The van der Waals surface area contributed by atoms with Crippen molar-refractivity contribution >= 4 is 51.9 Å². The molecule has 0 radical (unpaired) electrons. The SMILES string of the molecule is CC.COc1cccc(C(=O)N(CCC(=O)O)CC(=O)N(CCC(C)C)CC(=O)Nc2ccc(NC(=O)c3c[nH]c4ccccc34)cc2)c1. The van der Waals surface area contributed by atoms with Gasteiger partial charge in [-0.15, -0.1) is 0 Å². The molecule has 0 aliphatic heterocycles. The minimum Gasteiger partial charge on any atom is -0.497 e. The third-order valence-corrected chi connectivity index (χ3v) is 7.45. The van der Waals surface area contributed by atoms with Gasteiger partial charge in [-0.05, 0) is 60.9 Å². The van der Waals surface area contributed by atoms with E-state index < -0.39 is 30.2 Å². The van der Waals surface area contributed by atoms with E-state index in [0.717, 1.165) is 10.9 Å². The summed E-state index contributed by atoms with van der Waals surface area (Å²) in [5.74, 6) is -2.17. The predicted molar refractivity (Wildman–Crippen MR) is 190 cm³/mol. The highest BCUT2D eigenvalue weighted by molar-refractivity contribution is 6.12. The van der Waals surface area contributed by atoms with Gasteiger partial charge in [-0.3, -0.25) is 24.0 Å². The molecule has 0 unspecified atom stereocenters. The summed E-state index contributed by atoms with van der Waals surface area (Å²) >= 11 is 0. The summed E-state index contributed by atoms with van der Waals surface area (Å²) in [6.45, 7) is 7.39. The van der Waals surface area contributed by atoms with Gasteiger partial charge in [0.15, 0.2) is 0 Å². The number of carbonyl (C=O) groups is 5. The van der Waals surface area contributed by atoms with Crippen molar-refractivity contribution < 1.29 is 33.8 Å².